The van der Waals surface area contributed by atoms with Crippen LogP contribution in [0.5, 0.6) is 0 Å². The Balaban J connectivity index is 1.95. The maximum atomic E-state index is 14.2. The zero-order chi connectivity index (χ0) is 20.9. The van der Waals surface area contributed by atoms with E-state index in [9.17, 15) is 4.79 Å². The summed E-state index contributed by atoms with van der Waals surface area (Å²) in [6, 6.07) is 40.1. The van der Waals surface area contributed by atoms with Crippen molar-refractivity contribution in [1.29, 1.82) is 0 Å². The van der Waals surface area contributed by atoms with Crippen LogP contribution >= 0.6 is 6.60 Å². The molecule has 0 fully saturated rings. The third kappa shape index (κ3) is 3.24. The number of ether oxygens (including phenoxy) is 1. The predicted octanol–water partition coefficient (Wildman–Crippen LogP) is 5.48. The average Bonchev–Trinajstić information content (AvgIpc) is 2.84. The second-order valence-electron chi connectivity index (χ2n) is 7.61. The van der Waals surface area contributed by atoms with Crippen molar-refractivity contribution < 1.29 is 9.53 Å². The predicted molar refractivity (Wildman–Crippen MR) is 128 cm³/mol. The Hall–Kier alpha value is -3.22. The molecule has 0 bridgehead atoms. The average molecular weight is 412 g/mol. The van der Waals surface area contributed by atoms with Crippen molar-refractivity contribution >= 4 is 28.2 Å². The van der Waals surface area contributed by atoms with E-state index in [0.717, 1.165) is 21.5 Å². The first kappa shape index (κ1) is 20.1. The van der Waals surface area contributed by atoms with Gasteiger partial charge in [-0.1, -0.05) is 0 Å². The molecular formula is C27H25O2P. The van der Waals surface area contributed by atoms with Gasteiger partial charge in [0.25, 0.3) is 0 Å². The van der Waals surface area contributed by atoms with E-state index in [0.29, 0.717) is 0 Å². The Morgan fingerprint density at radius 1 is 0.600 bits per heavy atom. The molecule has 4 aromatic carbocycles. The molecule has 0 N–H and O–H groups in total. The maximum absolute atomic E-state index is 14.2. The van der Waals surface area contributed by atoms with E-state index in [1.165, 1.54) is 0 Å². The van der Waals surface area contributed by atoms with Crippen LogP contribution in [0.4, 0.5) is 4.79 Å². The van der Waals surface area contributed by atoms with Crippen LogP contribution in [-0.4, -0.2) is 12.4 Å². The molecule has 0 aliphatic carbocycles. The van der Waals surface area contributed by atoms with Crippen LogP contribution in [0.25, 0.3) is 0 Å². The molecular weight excluding hydrogens is 387 g/mol. The van der Waals surface area contributed by atoms with Crippen molar-refractivity contribution in [2.75, 3.05) is 6.66 Å². The summed E-state index contributed by atoms with van der Waals surface area (Å²) in [6.45, 7) is -1.20. The summed E-state index contributed by atoms with van der Waals surface area (Å²) >= 11 is 0. The number of hydrogen-bond acceptors (Lipinski definition) is 2. The quantitative estimate of drug-likeness (QED) is 0.392. The number of carbonyl (C=O) groups excluding carboxylic acids is 1. The summed E-state index contributed by atoms with van der Waals surface area (Å²) in [5.41, 5.74) is 0.804. The molecule has 150 valence electrons. The first-order valence-electron chi connectivity index (χ1n) is 10.0. The summed E-state index contributed by atoms with van der Waals surface area (Å²) in [6.07, 6.45) is 0. The van der Waals surface area contributed by atoms with E-state index in [2.05, 4.69) is 43.1 Å². The van der Waals surface area contributed by atoms with E-state index in [4.69, 9.17) is 4.74 Å². The molecule has 0 spiro atoms. The molecule has 0 amide bonds. The Kier molecular flexibility index (Phi) is 5.53. The van der Waals surface area contributed by atoms with Crippen molar-refractivity contribution in [1.82, 2.24) is 0 Å². The molecule has 0 aliphatic rings. The number of hydrogen-bond donors (Lipinski definition) is 0. The third-order valence-corrected chi connectivity index (χ3v) is 11.7. The first-order valence-corrected chi connectivity index (χ1v) is 12.7. The number of benzene rings is 4. The molecule has 0 saturated heterocycles. The van der Waals surface area contributed by atoms with Gasteiger partial charge in [0, 0.05) is 0 Å². The van der Waals surface area contributed by atoms with Crippen LogP contribution in [0.15, 0.2) is 121 Å². The van der Waals surface area contributed by atoms with Crippen LogP contribution in [0.2, 0.25) is 0 Å². The Bertz CT molecular complexity index is 1010. The summed E-state index contributed by atoms with van der Waals surface area (Å²) in [7, 11) is 0. The molecule has 0 aliphatic heterocycles. The van der Waals surface area contributed by atoms with Gasteiger partial charge in [0.1, 0.15) is 0 Å². The van der Waals surface area contributed by atoms with E-state index < -0.39 is 6.60 Å². The Labute approximate surface area is 178 Å². The number of carbonyl (C=O) groups is 1. The van der Waals surface area contributed by atoms with Gasteiger partial charge in [0.15, 0.2) is 0 Å². The molecule has 0 atom stereocenters. The molecule has 0 radical (unpaired) electrons. The summed E-state index contributed by atoms with van der Waals surface area (Å²) in [4.78, 5) is 14.2. The van der Waals surface area contributed by atoms with Gasteiger partial charge in [-0.2, -0.15) is 0 Å². The summed E-state index contributed by atoms with van der Waals surface area (Å²) in [5.74, 6) is 0. The fourth-order valence-electron chi connectivity index (χ4n) is 4.05. The molecule has 2 nitrogen and oxygen atoms in total. The van der Waals surface area contributed by atoms with Crippen LogP contribution in [0, 0.1) is 0 Å². The van der Waals surface area contributed by atoms with Crippen LogP contribution in [-0.2, 0) is 11.3 Å². The molecule has 30 heavy (non-hydrogen) atoms. The normalized spacial score (nSPS) is 12.5. The first-order chi connectivity index (χ1) is 14.6. The van der Waals surface area contributed by atoms with Crippen molar-refractivity contribution in [2.24, 2.45) is 0 Å². The SMILES string of the molecule is CP(C(=O)OCc1ccccc1)(c1ccccc1)(c1ccccc1)c1ccccc1. The molecule has 0 aromatic heterocycles. The van der Waals surface area contributed by atoms with Crippen LogP contribution in [0.3, 0.4) is 0 Å². The molecule has 0 unspecified atom stereocenters. The minimum atomic E-state index is -3.56. The fraction of sp³-hybridized carbons (Fsp3) is 0.0741. The van der Waals surface area contributed by atoms with Crippen molar-refractivity contribution in [3.05, 3.63) is 127 Å². The monoisotopic (exact) mass is 412 g/mol. The summed E-state index contributed by atoms with van der Waals surface area (Å²) < 4.78 is 6.08. The minimum absolute atomic E-state index is 0.173. The van der Waals surface area contributed by atoms with Crippen molar-refractivity contribution in [2.45, 2.75) is 6.61 Å². The van der Waals surface area contributed by atoms with Gasteiger partial charge in [-0.25, -0.2) is 0 Å². The zero-order valence-electron chi connectivity index (χ0n) is 17.0. The fourth-order valence-corrected chi connectivity index (χ4v) is 8.71. The van der Waals surface area contributed by atoms with E-state index in [1.807, 2.05) is 84.9 Å². The second-order valence-corrected chi connectivity index (χ2v) is 12.7. The van der Waals surface area contributed by atoms with Gasteiger partial charge in [-0.05, 0) is 0 Å². The topological polar surface area (TPSA) is 26.3 Å². The standard InChI is InChI=1S/C27H25O2P/c1-30(24-16-8-3-9-17-24,25-18-10-4-11-19-25,26-20-12-5-13-21-26)27(28)29-22-23-14-6-2-7-15-23/h2-21H,22H2,1H3. The summed E-state index contributed by atoms with van der Waals surface area (Å²) in [5, 5.41) is 3.00. The van der Waals surface area contributed by atoms with E-state index >= 15 is 0 Å². The van der Waals surface area contributed by atoms with Crippen LogP contribution in [0.1, 0.15) is 5.56 Å². The van der Waals surface area contributed by atoms with Gasteiger partial charge in [-0.3, -0.25) is 0 Å². The van der Waals surface area contributed by atoms with Gasteiger partial charge >= 0.3 is 178 Å². The molecule has 0 saturated carbocycles. The second kappa shape index (κ2) is 8.26. The number of rotatable bonds is 6. The molecule has 0 heterocycles. The Morgan fingerprint density at radius 3 is 1.30 bits per heavy atom. The molecule has 4 rings (SSSR count). The molecule has 4 aromatic rings. The Morgan fingerprint density at radius 2 is 0.933 bits per heavy atom. The van der Waals surface area contributed by atoms with Gasteiger partial charge in [-0.15, -0.1) is 0 Å². The van der Waals surface area contributed by atoms with Crippen LogP contribution < -0.4 is 15.9 Å². The zero-order valence-corrected chi connectivity index (χ0v) is 17.9. The van der Waals surface area contributed by atoms with E-state index in [-0.39, 0.29) is 12.3 Å². The van der Waals surface area contributed by atoms with Crippen molar-refractivity contribution in [3.8, 4) is 0 Å². The van der Waals surface area contributed by atoms with Gasteiger partial charge < -0.3 is 0 Å². The van der Waals surface area contributed by atoms with Gasteiger partial charge in [0.2, 0.25) is 0 Å². The van der Waals surface area contributed by atoms with Gasteiger partial charge in [0.05, 0.1) is 0 Å². The van der Waals surface area contributed by atoms with Crippen molar-refractivity contribution in [3.63, 3.8) is 0 Å². The van der Waals surface area contributed by atoms with E-state index in [1.54, 1.807) is 0 Å². The third-order valence-electron chi connectivity index (χ3n) is 5.87. The molecule has 3 heteroatoms.